The van der Waals surface area contributed by atoms with Crippen LogP contribution in [0.5, 0.6) is 0 Å². The Balaban J connectivity index is 1.55. The monoisotopic (exact) mass is 337 g/mol. The molecule has 1 saturated heterocycles. The van der Waals surface area contributed by atoms with Crippen molar-refractivity contribution < 1.29 is 5.11 Å². The first-order chi connectivity index (χ1) is 10.6. The lowest BCUT2D eigenvalue weighted by Gasteiger charge is -2.35. The highest BCUT2D eigenvalue weighted by molar-refractivity contribution is 7.13. The molecule has 1 atom stereocenters. The molecule has 2 heterocycles. The predicted molar refractivity (Wildman–Crippen MR) is 91.9 cm³/mol. The molecular weight excluding hydrogens is 318 g/mol. The summed E-state index contributed by atoms with van der Waals surface area (Å²) in [4.78, 5) is 9.14. The van der Waals surface area contributed by atoms with Crippen molar-refractivity contribution in [3.8, 4) is 0 Å². The van der Waals surface area contributed by atoms with Gasteiger partial charge >= 0.3 is 0 Å². The van der Waals surface area contributed by atoms with E-state index in [1.54, 1.807) is 11.3 Å². The number of nitrogens with zero attached hydrogens (tertiary/aromatic N) is 3. The van der Waals surface area contributed by atoms with Crippen molar-refractivity contribution in [2.75, 3.05) is 37.6 Å². The van der Waals surface area contributed by atoms with Gasteiger partial charge < -0.3 is 10.0 Å². The molecule has 1 aliphatic heterocycles. The van der Waals surface area contributed by atoms with Gasteiger partial charge in [0.25, 0.3) is 0 Å². The highest BCUT2D eigenvalue weighted by Crippen LogP contribution is 2.25. The summed E-state index contributed by atoms with van der Waals surface area (Å²) in [5, 5.41) is 14.2. The Labute approximate surface area is 140 Å². The van der Waals surface area contributed by atoms with Gasteiger partial charge in [-0.05, 0) is 13.0 Å². The van der Waals surface area contributed by atoms with E-state index in [4.69, 9.17) is 11.6 Å². The molecule has 2 aromatic rings. The zero-order valence-electron chi connectivity index (χ0n) is 12.6. The van der Waals surface area contributed by atoms with Crippen molar-refractivity contribution in [2.45, 2.75) is 13.0 Å². The van der Waals surface area contributed by atoms with Crippen LogP contribution in [-0.4, -0.2) is 47.7 Å². The van der Waals surface area contributed by atoms with Crippen molar-refractivity contribution in [1.82, 2.24) is 9.88 Å². The summed E-state index contributed by atoms with van der Waals surface area (Å²) in [6.45, 7) is 6.40. The van der Waals surface area contributed by atoms with E-state index >= 15 is 0 Å². The number of anilines is 1. The van der Waals surface area contributed by atoms with Gasteiger partial charge in [0.1, 0.15) is 0 Å². The third kappa shape index (κ3) is 3.60. The van der Waals surface area contributed by atoms with Gasteiger partial charge in [-0.15, -0.1) is 11.3 Å². The van der Waals surface area contributed by atoms with Gasteiger partial charge in [-0.3, -0.25) is 4.90 Å². The van der Waals surface area contributed by atoms with Crippen LogP contribution in [0, 0.1) is 6.92 Å². The van der Waals surface area contributed by atoms with E-state index in [1.807, 2.05) is 31.2 Å². The van der Waals surface area contributed by atoms with E-state index in [0.717, 1.165) is 42.6 Å². The first-order valence-electron chi connectivity index (χ1n) is 7.45. The van der Waals surface area contributed by atoms with Gasteiger partial charge in [-0.25, -0.2) is 4.98 Å². The summed E-state index contributed by atoms with van der Waals surface area (Å²) in [5.74, 6) is 0. The van der Waals surface area contributed by atoms with Gasteiger partial charge in [0, 0.05) is 48.7 Å². The lowest BCUT2D eigenvalue weighted by molar-refractivity contribution is 0.109. The number of hydrogen-bond acceptors (Lipinski definition) is 5. The molecule has 1 N–H and O–H groups in total. The summed E-state index contributed by atoms with van der Waals surface area (Å²) < 4.78 is 0. The van der Waals surface area contributed by atoms with Crippen LogP contribution in [-0.2, 0) is 0 Å². The average Bonchev–Trinajstić information content (AvgIpc) is 2.95. The minimum absolute atomic E-state index is 0.539. The molecule has 0 aliphatic carbocycles. The Morgan fingerprint density at radius 3 is 2.64 bits per heavy atom. The summed E-state index contributed by atoms with van der Waals surface area (Å²) in [6, 6.07) is 7.50. The predicted octanol–water partition coefficient (Wildman–Crippen LogP) is 2.96. The summed E-state index contributed by atoms with van der Waals surface area (Å²) in [7, 11) is 0. The molecule has 3 rings (SSSR count). The van der Waals surface area contributed by atoms with Crippen LogP contribution in [0.4, 0.5) is 5.13 Å². The van der Waals surface area contributed by atoms with Crippen LogP contribution in [0.1, 0.15) is 17.4 Å². The Morgan fingerprint density at radius 2 is 2.00 bits per heavy atom. The summed E-state index contributed by atoms with van der Waals surface area (Å²) >= 11 is 7.85. The number of halogens is 1. The van der Waals surface area contributed by atoms with Crippen molar-refractivity contribution in [2.24, 2.45) is 0 Å². The molecular formula is C16H20ClN3OS. The molecule has 0 radical (unpaired) electrons. The van der Waals surface area contributed by atoms with E-state index in [1.165, 1.54) is 0 Å². The first-order valence-corrected chi connectivity index (χ1v) is 8.71. The number of rotatable bonds is 4. The maximum absolute atomic E-state index is 10.4. The Morgan fingerprint density at radius 1 is 1.27 bits per heavy atom. The fourth-order valence-electron chi connectivity index (χ4n) is 2.70. The molecule has 6 heteroatoms. The highest BCUT2D eigenvalue weighted by atomic mass is 35.5. The average molecular weight is 338 g/mol. The number of hydrogen-bond donors (Lipinski definition) is 1. The van der Waals surface area contributed by atoms with Gasteiger partial charge in [0.05, 0.1) is 11.8 Å². The Bertz CT molecular complexity index is 625. The summed E-state index contributed by atoms with van der Waals surface area (Å²) in [5.41, 5.74) is 1.89. The van der Waals surface area contributed by atoms with E-state index < -0.39 is 6.10 Å². The number of piperazine rings is 1. The van der Waals surface area contributed by atoms with Crippen LogP contribution in [0.15, 0.2) is 29.6 Å². The SMILES string of the molecule is Cc1csc(N2CCN(CC(O)c3ccccc3Cl)CC2)n1. The van der Waals surface area contributed by atoms with E-state index in [-0.39, 0.29) is 0 Å². The number of aliphatic hydroxyl groups is 1. The standard InChI is InChI=1S/C16H20ClN3OS/c1-12-11-22-16(18-12)20-8-6-19(7-9-20)10-15(21)13-4-2-3-5-14(13)17/h2-5,11,15,21H,6-10H2,1H3. The molecule has 0 saturated carbocycles. The van der Waals surface area contributed by atoms with E-state index in [0.29, 0.717) is 11.6 Å². The zero-order chi connectivity index (χ0) is 15.5. The number of aromatic nitrogens is 1. The highest BCUT2D eigenvalue weighted by Gasteiger charge is 2.22. The van der Waals surface area contributed by atoms with Gasteiger partial charge in [0.2, 0.25) is 0 Å². The van der Waals surface area contributed by atoms with Crippen molar-refractivity contribution in [3.05, 3.63) is 45.9 Å². The van der Waals surface area contributed by atoms with Gasteiger partial charge in [0.15, 0.2) is 5.13 Å². The van der Waals surface area contributed by atoms with Crippen LogP contribution in [0.2, 0.25) is 5.02 Å². The summed E-state index contributed by atoms with van der Waals surface area (Å²) in [6.07, 6.45) is -0.539. The van der Waals surface area contributed by atoms with Crippen LogP contribution >= 0.6 is 22.9 Å². The van der Waals surface area contributed by atoms with Crippen molar-refractivity contribution >= 4 is 28.1 Å². The lowest BCUT2D eigenvalue weighted by Crippen LogP contribution is -2.47. The quantitative estimate of drug-likeness (QED) is 0.931. The molecule has 4 nitrogen and oxygen atoms in total. The number of benzene rings is 1. The molecule has 0 amide bonds. The van der Waals surface area contributed by atoms with Crippen molar-refractivity contribution in [1.29, 1.82) is 0 Å². The number of aliphatic hydroxyl groups excluding tert-OH is 1. The molecule has 0 spiro atoms. The third-order valence-corrected chi connectivity index (χ3v) is 5.31. The normalized spacial score (nSPS) is 17.7. The minimum atomic E-state index is -0.539. The van der Waals surface area contributed by atoms with Crippen molar-refractivity contribution in [3.63, 3.8) is 0 Å². The molecule has 1 aromatic carbocycles. The molecule has 22 heavy (non-hydrogen) atoms. The minimum Gasteiger partial charge on any atom is -0.387 e. The Kier molecular flexibility index (Phi) is 4.98. The topological polar surface area (TPSA) is 39.6 Å². The number of β-amino-alcohol motifs (C(OH)–C–C–N with tert-alkyl or cyclic N) is 1. The van der Waals surface area contributed by atoms with Crippen LogP contribution in [0.25, 0.3) is 0 Å². The lowest BCUT2D eigenvalue weighted by atomic mass is 10.1. The van der Waals surface area contributed by atoms with Crippen LogP contribution < -0.4 is 4.90 Å². The fourth-order valence-corrected chi connectivity index (χ4v) is 3.82. The smallest absolute Gasteiger partial charge is 0.185 e. The zero-order valence-corrected chi connectivity index (χ0v) is 14.1. The molecule has 118 valence electrons. The molecule has 1 aromatic heterocycles. The second-order valence-electron chi connectivity index (χ2n) is 5.60. The molecule has 1 aliphatic rings. The van der Waals surface area contributed by atoms with Gasteiger partial charge in [-0.2, -0.15) is 0 Å². The number of aryl methyl sites for hydroxylation is 1. The number of thiazole rings is 1. The first kappa shape index (κ1) is 15.7. The van der Waals surface area contributed by atoms with E-state index in [2.05, 4.69) is 20.2 Å². The second kappa shape index (κ2) is 6.96. The molecule has 0 bridgehead atoms. The molecule has 1 unspecified atom stereocenters. The third-order valence-electron chi connectivity index (χ3n) is 3.95. The maximum atomic E-state index is 10.4. The van der Waals surface area contributed by atoms with Crippen LogP contribution in [0.3, 0.4) is 0 Å². The Hall–Kier alpha value is -1.14. The van der Waals surface area contributed by atoms with E-state index in [9.17, 15) is 5.11 Å². The molecule has 1 fully saturated rings. The fraction of sp³-hybridized carbons (Fsp3) is 0.438. The second-order valence-corrected chi connectivity index (χ2v) is 6.84. The maximum Gasteiger partial charge on any atom is 0.185 e. The largest absolute Gasteiger partial charge is 0.387 e. The van der Waals surface area contributed by atoms with Gasteiger partial charge in [-0.1, -0.05) is 29.8 Å².